The molecule has 1 aromatic rings. The van der Waals surface area contributed by atoms with Crippen LogP contribution in [0.3, 0.4) is 0 Å². The molecule has 2 saturated carbocycles. The van der Waals surface area contributed by atoms with Gasteiger partial charge >= 0.3 is 18.2 Å². The lowest BCUT2D eigenvalue weighted by Crippen LogP contribution is -2.53. The quantitative estimate of drug-likeness (QED) is 0.303. The zero-order chi connectivity index (χ0) is 38.9. The van der Waals surface area contributed by atoms with E-state index in [1.807, 2.05) is 35.2 Å². The highest BCUT2D eigenvalue weighted by molar-refractivity contribution is 5.78. The smallest absolute Gasteiger partial charge is 0.410 e. The highest BCUT2D eigenvalue weighted by Gasteiger charge is 2.46. The van der Waals surface area contributed by atoms with E-state index in [1.165, 1.54) is 90.4 Å². The van der Waals surface area contributed by atoms with Crippen molar-refractivity contribution >= 4 is 18.2 Å². The van der Waals surface area contributed by atoms with E-state index in [-0.39, 0.29) is 25.6 Å². The molecule has 1 aromatic carbocycles. The van der Waals surface area contributed by atoms with Crippen LogP contribution in [0.25, 0.3) is 0 Å². The highest BCUT2D eigenvalue weighted by atomic mass is 16.6. The molecule has 2 aliphatic carbocycles. The minimum absolute atomic E-state index is 0. The van der Waals surface area contributed by atoms with Gasteiger partial charge in [-0.15, -0.1) is 0 Å². The van der Waals surface area contributed by atoms with E-state index >= 15 is 0 Å². The molecular weight excluding hydrogens is 721 g/mol. The number of hydrogen-bond acceptors (Lipinski definition) is 8. The van der Waals surface area contributed by atoms with Gasteiger partial charge in [0.25, 0.3) is 0 Å². The predicted molar refractivity (Wildman–Crippen MR) is 224 cm³/mol. The van der Waals surface area contributed by atoms with Gasteiger partial charge in [-0.25, -0.2) is 14.4 Å². The highest BCUT2D eigenvalue weighted by Crippen LogP contribution is 2.34. The number of likely N-dealkylation sites (tertiary alicyclic amines) is 3. The Hall–Kier alpha value is -3.13. The Morgan fingerprint density at radius 3 is 1.54 bits per heavy atom. The number of fused-ring (bicyclic) bond motifs is 2. The lowest BCUT2D eigenvalue weighted by molar-refractivity contribution is 0.0462. The van der Waals surface area contributed by atoms with E-state index in [9.17, 15) is 14.4 Å². The molecule has 8 aliphatic rings. The molecule has 0 radical (unpaired) electrons. The first-order valence-electron chi connectivity index (χ1n) is 22.3. The average Bonchev–Trinajstić information content (AvgIpc) is 3.79. The van der Waals surface area contributed by atoms with Crippen LogP contribution in [0.5, 0.6) is 0 Å². The molecule has 4 atom stereocenters. The lowest BCUT2D eigenvalue weighted by Gasteiger charge is -2.44. The fraction of sp³-hybridized carbons (Fsp3) is 0.795. The summed E-state index contributed by atoms with van der Waals surface area (Å²) < 4.78 is 5.50. The monoisotopic (exact) mass is 795 g/mol. The predicted octanol–water partition coefficient (Wildman–Crippen LogP) is 5.37. The summed E-state index contributed by atoms with van der Waals surface area (Å²) >= 11 is 0. The number of aliphatic hydroxyl groups excluding tert-OH is 1. The van der Waals surface area contributed by atoms with E-state index in [0.29, 0.717) is 48.9 Å². The van der Waals surface area contributed by atoms with E-state index in [1.54, 1.807) is 0 Å². The third-order valence-electron chi connectivity index (χ3n) is 14.3. The molecule has 8 fully saturated rings. The molecule has 6 saturated heterocycles. The number of nitrogens with zero attached hydrogens (tertiary/aromatic N) is 5. The number of aliphatic hydroxyl groups is 1. The SMILES string of the molecule is C.CO.O=C(OCc1ccccc1)N1CCC(N2CCC(N3C(=O)N[C@@H]4CCCC[C@H]43)CC2)CC1.O=C1N[C@@H]2CCCC[C@H]2N1C1CCN(C2CCNCC2)CC1. The van der Waals surface area contributed by atoms with Crippen molar-refractivity contribution in [2.24, 2.45) is 0 Å². The molecule has 0 aromatic heterocycles. The minimum atomic E-state index is -0.201. The average molecular weight is 795 g/mol. The third kappa shape index (κ3) is 10.6. The summed E-state index contributed by atoms with van der Waals surface area (Å²) in [5.41, 5.74) is 1.02. The van der Waals surface area contributed by atoms with Gasteiger partial charge in [-0.2, -0.15) is 0 Å². The summed E-state index contributed by atoms with van der Waals surface area (Å²) in [6.45, 7) is 8.65. The number of benzene rings is 1. The summed E-state index contributed by atoms with van der Waals surface area (Å²) in [7, 11) is 1.00. The van der Waals surface area contributed by atoms with Crippen molar-refractivity contribution < 1.29 is 24.2 Å². The van der Waals surface area contributed by atoms with Gasteiger partial charge in [0, 0.05) is 70.5 Å². The molecular formula is C44H74N8O5. The Morgan fingerprint density at radius 2 is 1.05 bits per heavy atom. The number of carbonyl (C=O) groups is 3. The van der Waals surface area contributed by atoms with Crippen LogP contribution in [0.2, 0.25) is 0 Å². The van der Waals surface area contributed by atoms with Crippen molar-refractivity contribution in [3.8, 4) is 0 Å². The van der Waals surface area contributed by atoms with Gasteiger partial charge in [-0.05, 0) is 95.7 Å². The van der Waals surface area contributed by atoms with Crippen molar-refractivity contribution in [2.75, 3.05) is 59.5 Å². The van der Waals surface area contributed by atoms with Crippen LogP contribution >= 0.6 is 0 Å². The lowest BCUT2D eigenvalue weighted by atomic mass is 9.89. The van der Waals surface area contributed by atoms with Crippen molar-refractivity contribution in [1.82, 2.24) is 40.4 Å². The number of nitrogens with one attached hydrogen (secondary N) is 3. The molecule has 320 valence electrons. The molecule has 0 bridgehead atoms. The Bertz CT molecular complexity index is 1390. The van der Waals surface area contributed by atoms with Gasteiger partial charge in [0.05, 0.1) is 24.2 Å². The van der Waals surface area contributed by atoms with E-state index < -0.39 is 0 Å². The van der Waals surface area contributed by atoms with Crippen LogP contribution in [0.15, 0.2) is 30.3 Å². The van der Waals surface area contributed by atoms with E-state index in [2.05, 4.69) is 35.6 Å². The molecule has 6 aliphatic heterocycles. The second-order valence-corrected chi connectivity index (χ2v) is 17.4. The summed E-state index contributed by atoms with van der Waals surface area (Å²) in [4.78, 5) is 49.0. The summed E-state index contributed by atoms with van der Waals surface area (Å²) in [6, 6.07) is 14.1. The molecule has 0 spiro atoms. The fourth-order valence-electron chi connectivity index (χ4n) is 11.3. The van der Waals surface area contributed by atoms with Crippen molar-refractivity contribution in [2.45, 2.75) is 165 Å². The maximum Gasteiger partial charge on any atom is 0.410 e. The zero-order valence-electron chi connectivity index (χ0n) is 34.0. The number of rotatable bonds is 6. The van der Waals surface area contributed by atoms with Gasteiger partial charge in [-0.1, -0.05) is 63.4 Å². The van der Waals surface area contributed by atoms with Crippen LogP contribution < -0.4 is 16.0 Å². The number of urea groups is 2. The summed E-state index contributed by atoms with van der Waals surface area (Å²) in [6.07, 6.45) is 18.6. The Balaban J connectivity index is 0.000000192. The first kappa shape index (κ1) is 43.4. The number of piperidine rings is 4. The molecule has 13 heteroatoms. The molecule has 9 rings (SSSR count). The van der Waals surface area contributed by atoms with Gasteiger partial charge in [0.2, 0.25) is 0 Å². The fourth-order valence-corrected chi connectivity index (χ4v) is 11.3. The van der Waals surface area contributed by atoms with Crippen molar-refractivity contribution in [3.05, 3.63) is 35.9 Å². The Kier molecular flexibility index (Phi) is 16.2. The zero-order valence-corrected chi connectivity index (χ0v) is 34.0. The number of amides is 5. The van der Waals surface area contributed by atoms with Crippen LogP contribution in [-0.2, 0) is 11.3 Å². The molecule has 6 heterocycles. The van der Waals surface area contributed by atoms with Gasteiger partial charge in [0.15, 0.2) is 0 Å². The number of ether oxygens (including phenoxy) is 1. The maximum absolute atomic E-state index is 12.6. The molecule has 57 heavy (non-hydrogen) atoms. The van der Waals surface area contributed by atoms with Crippen LogP contribution in [-0.4, -0.2) is 156 Å². The van der Waals surface area contributed by atoms with E-state index in [0.717, 1.165) is 83.4 Å². The molecule has 13 nitrogen and oxygen atoms in total. The molecule has 4 N–H and O–H groups in total. The number of carbonyl (C=O) groups excluding carboxylic acids is 3. The van der Waals surface area contributed by atoms with Gasteiger partial charge < -0.3 is 50.3 Å². The molecule has 5 amide bonds. The van der Waals surface area contributed by atoms with Crippen LogP contribution in [0.4, 0.5) is 14.4 Å². The first-order chi connectivity index (χ1) is 27.5. The summed E-state index contributed by atoms with van der Waals surface area (Å²) in [5.74, 6) is 0. The van der Waals surface area contributed by atoms with Crippen molar-refractivity contribution in [3.63, 3.8) is 0 Å². The standard InChI is InChI=1S/C25H36N4O3.C17H30N4O.CH4O.CH4/c30-24-26-22-8-4-5-9-23(22)29(24)21-12-14-27(15-13-21)20-10-16-28(17-11-20)25(31)32-18-19-6-2-1-3-7-19;22-17-19-15-3-1-2-4-16(15)21(17)14-7-11-20(12-8-14)13-5-9-18-10-6-13;1-2;/h1-3,6-7,20-23H,4-5,8-18H2,(H,26,30);13-16,18H,1-12H2,(H,19,22);2H,1H3;1H4/t22-,23-;15-,16-;;/m11../s1. The van der Waals surface area contributed by atoms with Crippen LogP contribution in [0.1, 0.15) is 116 Å². The minimum Gasteiger partial charge on any atom is -0.445 e. The van der Waals surface area contributed by atoms with Crippen LogP contribution in [0, 0.1) is 0 Å². The van der Waals surface area contributed by atoms with Gasteiger partial charge in [0.1, 0.15) is 6.61 Å². The van der Waals surface area contributed by atoms with E-state index in [4.69, 9.17) is 9.84 Å². The maximum atomic E-state index is 12.6. The topological polar surface area (TPSA) is 133 Å². The van der Waals surface area contributed by atoms with Gasteiger partial charge in [-0.3, -0.25) is 0 Å². The third-order valence-corrected chi connectivity index (χ3v) is 14.3. The summed E-state index contributed by atoms with van der Waals surface area (Å²) in [5, 5.41) is 16.9. The Morgan fingerprint density at radius 1 is 0.614 bits per heavy atom. The molecule has 0 unspecified atom stereocenters. The number of hydrogen-bond donors (Lipinski definition) is 4. The second-order valence-electron chi connectivity index (χ2n) is 17.4. The second kappa shape index (κ2) is 21.2. The van der Waals surface area contributed by atoms with Crippen molar-refractivity contribution in [1.29, 1.82) is 0 Å². The Labute approximate surface area is 342 Å². The largest absolute Gasteiger partial charge is 0.445 e. The first-order valence-corrected chi connectivity index (χ1v) is 22.3. The normalized spacial score (nSPS) is 29.4.